The number of nitrogens with two attached hydrogens (primary N) is 1. The smallest absolute Gasteiger partial charge is 0.242 e. The summed E-state index contributed by atoms with van der Waals surface area (Å²) in [5.74, 6) is 1.51. The maximum absolute atomic E-state index is 11.7. The summed E-state index contributed by atoms with van der Waals surface area (Å²) < 4.78 is 6.81. The number of furan rings is 1. The maximum Gasteiger partial charge on any atom is 0.242 e. The van der Waals surface area contributed by atoms with E-state index in [-0.39, 0.29) is 24.4 Å². The average molecular weight is 249 g/mol. The number of carbonyl (C=O) groups excluding carboxylic acids is 1. The first-order chi connectivity index (χ1) is 8.54. The Morgan fingerprint density at radius 1 is 1.61 bits per heavy atom. The van der Waals surface area contributed by atoms with Gasteiger partial charge in [-0.2, -0.15) is 0 Å². The van der Waals surface area contributed by atoms with Crippen LogP contribution in [0.2, 0.25) is 0 Å². The Hall–Kier alpha value is -2.31. The fraction of sp³-hybridized carbons (Fsp3) is 0.364. The average Bonchev–Trinajstić information content (AvgIpc) is 2.87. The number of aryl methyl sites for hydroxylation is 1. The number of carbonyl (C=O) groups is 1. The lowest BCUT2D eigenvalue weighted by atomic mass is 10.2. The van der Waals surface area contributed by atoms with Crippen LogP contribution in [0, 0.1) is 6.92 Å². The van der Waals surface area contributed by atoms with Crippen molar-refractivity contribution in [1.29, 1.82) is 0 Å². The SMILES string of the molecule is Cc1ccc(C(C)NC(=O)Cn2cnc(N)n2)o1. The van der Waals surface area contributed by atoms with Gasteiger partial charge in [0.2, 0.25) is 11.9 Å². The molecule has 3 N–H and O–H groups in total. The van der Waals surface area contributed by atoms with Crippen LogP contribution in [0.5, 0.6) is 0 Å². The molecule has 0 spiro atoms. The van der Waals surface area contributed by atoms with Gasteiger partial charge in [0, 0.05) is 0 Å². The van der Waals surface area contributed by atoms with Crippen molar-refractivity contribution in [2.24, 2.45) is 0 Å². The van der Waals surface area contributed by atoms with Crippen molar-refractivity contribution in [2.45, 2.75) is 26.4 Å². The Morgan fingerprint density at radius 3 is 2.94 bits per heavy atom. The second-order valence-electron chi connectivity index (χ2n) is 4.04. The van der Waals surface area contributed by atoms with Crippen molar-refractivity contribution in [3.05, 3.63) is 30.0 Å². The first kappa shape index (κ1) is 12.2. The highest BCUT2D eigenvalue weighted by molar-refractivity contribution is 5.76. The molecule has 2 aromatic heterocycles. The van der Waals surface area contributed by atoms with Gasteiger partial charge in [0.05, 0.1) is 6.04 Å². The van der Waals surface area contributed by atoms with E-state index in [1.165, 1.54) is 11.0 Å². The summed E-state index contributed by atoms with van der Waals surface area (Å²) in [4.78, 5) is 15.5. The Kier molecular flexibility index (Phi) is 3.31. The van der Waals surface area contributed by atoms with E-state index in [1.807, 2.05) is 26.0 Å². The van der Waals surface area contributed by atoms with Gasteiger partial charge in [0.1, 0.15) is 24.4 Å². The molecule has 7 nitrogen and oxygen atoms in total. The number of rotatable bonds is 4. The minimum atomic E-state index is -0.188. The van der Waals surface area contributed by atoms with Crippen LogP contribution in [0.15, 0.2) is 22.9 Å². The van der Waals surface area contributed by atoms with E-state index in [2.05, 4.69) is 15.4 Å². The number of aromatic nitrogens is 3. The molecule has 2 heterocycles. The summed E-state index contributed by atoms with van der Waals surface area (Å²) in [5.41, 5.74) is 5.36. The van der Waals surface area contributed by atoms with Gasteiger partial charge < -0.3 is 15.5 Å². The number of nitrogen functional groups attached to an aromatic ring is 1. The lowest BCUT2D eigenvalue weighted by Crippen LogP contribution is -2.30. The van der Waals surface area contributed by atoms with Gasteiger partial charge in [-0.3, -0.25) is 4.79 Å². The highest BCUT2D eigenvalue weighted by atomic mass is 16.3. The molecule has 2 rings (SSSR count). The van der Waals surface area contributed by atoms with E-state index in [0.717, 1.165) is 11.5 Å². The van der Waals surface area contributed by atoms with Gasteiger partial charge in [-0.1, -0.05) is 0 Å². The van der Waals surface area contributed by atoms with Gasteiger partial charge in [-0.15, -0.1) is 5.10 Å². The standard InChI is InChI=1S/C11H15N5O2/c1-7-3-4-9(18-7)8(2)14-10(17)5-16-6-13-11(12)15-16/h3-4,6,8H,5H2,1-2H3,(H2,12,15)(H,14,17). The van der Waals surface area contributed by atoms with Gasteiger partial charge in [-0.05, 0) is 26.0 Å². The van der Waals surface area contributed by atoms with E-state index < -0.39 is 0 Å². The zero-order chi connectivity index (χ0) is 13.1. The molecule has 0 saturated heterocycles. The zero-order valence-corrected chi connectivity index (χ0v) is 10.3. The molecular weight excluding hydrogens is 234 g/mol. The van der Waals surface area contributed by atoms with Crippen LogP contribution in [0.25, 0.3) is 0 Å². The Labute approximate surface area is 104 Å². The number of hydrogen-bond acceptors (Lipinski definition) is 5. The molecule has 0 aromatic carbocycles. The monoisotopic (exact) mass is 249 g/mol. The molecule has 0 aliphatic carbocycles. The van der Waals surface area contributed by atoms with Crippen LogP contribution in [-0.2, 0) is 11.3 Å². The van der Waals surface area contributed by atoms with Crippen LogP contribution >= 0.6 is 0 Å². The molecule has 0 aliphatic rings. The van der Waals surface area contributed by atoms with E-state index in [9.17, 15) is 4.79 Å². The molecule has 0 bridgehead atoms. The van der Waals surface area contributed by atoms with Crippen LogP contribution in [0.1, 0.15) is 24.5 Å². The van der Waals surface area contributed by atoms with Crippen molar-refractivity contribution in [1.82, 2.24) is 20.1 Å². The molecule has 1 atom stereocenters. The van der Waals surface area contributed by atoms with Gasteiger partial charge in [0.25, 0.3) is 0 Å². The predicted octanol–water partition coefficient (Wildman–Crippen LogP) is 0.639. The lowest BCUT2D eigenvalue weighted by Gasteiger charge is -2.11. The quantitative estimate of drug-likeness (QED) is 0.828. The van der Waals surface area contributed by atoms with E-state index in [0.29, 0.717) is 0 Å². The Bertz CT molecular complexity index is 545. The Morgan fingerprint density at radius 2 is 2.39 bits per heavy atom. The fourth-order valence-corrected chi connectivity index (χ4v) is 1.58. The Balaban J connectivity index is 1.91. The number of anilines is 1. The summed E-state index contributed by atoms with van der Waals surface area (Å²) in [6, 6.07) is 3.51. The summed E-state index contributed by atoms with van der Waals surface area (Å²) in [5, 5.41) is 6.64. The van der Waals surface area contributed by atoms with E-state index >= 15 is 0 Å². The third-order valence-electron chi connectivity index (χ3n) is 2.43. The van der Waals surface area contributed by atoms with Crippen molar-refractivity contribution in [3.8, 4) is 0 Å². The molecule has 18 heavy (non-hydrogen) atoms. The second kappa shape index (κ2) is 4.91. The molecule has 0 aliphatic heterocycles. The van der Waals surface area contributed by atoms with E-state index in [1.54, 1.807) is 0 Å². The summed E-state index contributed by atoms with van der Waals surface area (Å²) in [6.07, 6.45) is 1.41. The molecule has 1 unspecified atom stereocenters. The second-order valence-corrected chi connectivity index (χ2v) is 4.04. The number of hydrogen-bond donors (Lipinski definition) is 2. The largest absolute Gasteiger partial charge is 0.464 e. The molecule has 0 radical (unpaired) electrons. The van der Waals surface area contributed by atoms with Crippen molar-refractivity contribution >= 4 is 11.9 Å². The summed E-state index contributed by atoms with van der Waals surface area (Å²) in [7, 11) is 0. The molecule has 2 aromatic rings. The first-order valence-corrected chi connectivity index (χ1v) is 5.55. The van der Waals surface area contributed by atoms with Crippen LogP contribution < -0.4 is 11.1 Å². The zero-order valence-electron chi connectivity index (χ0n) is 10.3. The van der Waals surface area contributed by atoms with Gasteiger partial charge >= 0.3 is 0 Å². The molecular formula is C11H15N5O2. The van der Waals surface area contributed by atoms with E-state index in [4.69, 9.17) is 10.2 Å². The van der Waals surface area contributed by atoms with Crippen LogP contribution in [0.3, 0.4) is 0 Å². The third kappa shape index (κ3) is 2.88. The summed E-state index contributed by atoms with van der Waals surface area (Å²) in [6.45, 7) is 3.79. The maximum atomic E-state index is 11.7. The summed E-state index contributed by atoms with van der Waals surface area (Å²) >= 11 is 0. The fourth-order valence-electron chi connectivity index (χ4n) is 1.58. The number of amides is 1. The number of nitrogens with one attached hydrogen (secondary N) is 1. The van der Waals surface area contributed by atoms with Crippen LogP contribution in [-0.4, -0.2) is 20.7 Å². The lowest BCUT2D eigenvalue weighted by molar-refractivity contribution is -0.122. The topological polar surface area (TPSA) is 99.0 Å². The van der Waals surface area contributed by atoms with Crippen LogP contribution in [0.4, 0.5) is 5.95 Å². The molecule has 1 amide bonds. The number of nitrogens with zero attached hydrogens (tertiary/aromatic N) is 3. The highest BCUT2D eigenvalue weighted by Gasteiger charge is 2.13. The third-order valence-corrected chi connectivity index (χ3v) is 2.43. The van der Waals surface area contributed by atoms with Gasteiger partial charge in [0.15, 0.2) is 0 Å². The normalized spacial score (nSPS) is 12.3. The van der Waals surface area contributed by atoms with Gasteiger partial charge in [-0.25, -0.2) is 9.67 Å². The highest BCUT2D eigenvalue weighted by Crippen LogP contribution is 2.15. The molecule has 0 saturated carbocycles. The molecule has 0 fully saturated rings. The van der Waals surface area contributed by atoms with Crippen molar-refractivity contribution < 1.29 is 9.21 Å². The van der Waals surface area contributed by atoms with Crippen molar-refractivity contribution in [3.63, 3.8) is 0 Å². The van der Waals surface area contributed by atoms with Crippen molar-refractivity contribution in [2.75, 3.05) is 5.73 Å². The first-order valence-electron chi connectivity index (χ1n) is 5.55. The predicted molar refractivity (Wildman–Crippen MR) is 64.4 cm³/mol. The minimum Gasteiger partial charge on any atom is -0.464 e. The minimum absolute atomic E-state index is 0.0776. The molecule has 96 valence electrons. The molecule has 7 heteroatoms.